The molecule has 10 heavy (non-hydrogen) atoms. The Hall–Kier alpha value is -1.22. The predicted molar refractivity (Wildman–Crippen MR) is 29.3 cm³/mol. The van der Waals surface area contributed by atoms with E-state index in [1.807, 2.05) is 5.32 Å². The van der Waals surface area contributed by atoms with Gasteiger partial charge in [-0.15, -0.1) is 0 Å². The first-order chi connectivity index (χ1) is 4.61. The molecule has 0 aliphatic carbocycles. The SMILES string of the molecule is FC(F)(F)C1=C=NC=CN1. The first-order valence-electron chi connectivity index (χ1n) is 2.42. The van der Waals surface area contributed by atoms with E-state index in [1.165, 1.54) is 6.20 Å². The normalized spacial score (nSPS) is 16.5. The Labute approximate surface area is 54.8 Å². The molecule has 0 aromatic carbocycles. The third kappa shape index (κ3) is 1.39. The summed E-state index contributed by atoms with van der Waals surface area (Å²) in [4.78, 5) is 3.17. The van der Waals surface area contributed by atoms with E-state index in [4.69, 9.17) is 0 Å². The van der Waals surface area contributed by atoms with Crippen LogP contribution in [0.15, 0.2) is 23.1 Å². The van der Waals surface area contributed by atoms with Crippen molar-refractivity contribution in [3.63, 3.8) is 0 Å². The first kappa shape index (κ1) is 6.89. The van der Waals surface area contributed by atoms with Gasteiger partial charge in [-0.05, 0) is 0 Å². The van der Waals surface area contributed by atoms with Gasteiger partial charge >= 0.3 is 6.18 Å². The van der Waals surface area contributed by atoms with E-state index in [-0.39, 0.29) is 0 Å². The maximum Gasteiger partial charge on any atom is 0.440 e. The molecule has 0 spiro atoms. The van der Waals surface area contributed by atoms with Crippen molar-refractivity contribution in [2.45, 2.75) is 6.18 Å². The molecule has 1 rings (SSSR count). The summed E-state index contributed by atoms with van der Waals surface area (Å²) in [6.07, 6.45) is -2.09. The van der Waals surface area contributed by atoms with E-state index in [0.717, 1.165) is 6.20 Å². The molecule has 0 saturated carbocycles. The summed E-state index contributed by atoms with van der Waals surface area (Å²) in [7, 11) is 0. The first-order valence-corrected chi connectivity index (χ1v) is 2.42. The smallest absolute Gasteiger partial charge is 0.349 e. The number of hydrogen-bond acceptors (Lipinski definition) is 2. The minimum absolute atomic E-state index is 0.963. The molecular formula is C5H3F3N2. The highest BCUT2D eigenvalue weighted by atomic mass is 19.4. The third-order valence-electron chi connectivity index (χ3n) is 0.837. The molecule has 0 bridgehead atoms. The molecule has 2 nitrogen and oxygen atoms in total. The average molecular weight is 148 g/mol. The van der Waals surface area contributed by atoms with Gasteiger partial charge in [0.25, 0.3) is 0 Å². The molecule has 0 radical (unpaired) electrons. The fourth-order valence-electron chi connectivity index (χ4n) is 0.437. The van der Waals surface area contributed by atoms with Crippen LogP contribution in [0.5, 0.6) is 0 Å². The van der Waals surface area contributed by atoms with Gasteiger partial charge in [-0.3, -0.25) is 0 Å². The molecule has 1 heterocycles. The van der Waals surface area contributed by atoms with Crippen LogP contribution in [0.25, 0.3) is 0 Å². The molecule has 0 atom stereocenters. The van der Waals surface area contributed by atoms with Gasteiger partial charge in [0.05, 0.1) is 6.20 Å². The van der Waals surface area contributed by atoms with Gasteiger partial charge < -0.3 is 5.32 Å². The van der Waals surface area contributed by atoms with E-state index in [2.05, 4.69) is 4.99 Å². The number of halogens is 3. The summed E-state index contributed by atoms with van der Waals surface area (Å²) in [5.41, 5.74) is -0.963. The number of aliphatic imine (C=N–C) groups is 1. The standard InChI is InChI=1S/C5H3F3N2/c6-5(7,8)4-3-9-1-2-10-4/h1-2,10H. The van der Waals surface area contributed by atoms with Gasteiger partial charge in [-0.25, -0.2) is 4.99 Å². The van der Waals surface area contributed by atoms with Crippen LogP contribution in [0, 0.1) is 0 Å². The fourth-order valence-corrected chi connectivity index (χ4v) is 0.437. The third-order valence-corrected chi connectivity index (χ3v) is 0.837. The topological polar surface area (TPSA) is 24.4 Å². The Morgan fingerprint density at radius 2 is 2.20 bits per heavy atom. The lowest BCUT2D eigenvalue weighted by Gasteiger charge is -2.08. The highest BCUT2D eigenvalue weighted by Crippen LogP contribution is 2.21. The van der Waals surface area contributed by atoms with Gasteiger partial charge in [0, 0.05) is 12.1 Å². The van der Waals surface area contributed by atoms with Crippen LogP contribution < -0.4 is 5.32 Å². The zero-order valence-electron chi connectivity index (χ0n) is 4.74. The van der Waals surface area contributed by atoms with Crippen molar-refractivity contribution in [1.82, 2.24) is 5.32 Å². The molecule has 1 aliphatic heterocycles. The van der Waals surface area contributed by atoms with Crippen LogP contribution >= 0.6 is 0 Å². The lowest BCUT2D eigenvalue weighted by Crippen LogP contribution is -2.23. The molecule has 0 aromatic rings. The van der Waals surface area contributed by atoms with Crippen molar-refractivity contribution in [3.05, 3.63) is 18.1 Å². The number of hydrogen-bond donors (Lipinski definition) is 1. The second-order valence-electron chi connectivity index (χ2n) is 1.57. The fraction of sp³-hybridized carbons (Fsp3) is 0.200. The van der Waals surface area contributed by atoms with E-state index in [1.54, 1.807) is 5.87 Å². The zero-order valence-corrected chi connectivity index (χ0v) is 4.74. The van der Waals surface area contributed by atoms with E-state index < -0.39 is 11.9 Å². The quantitative estimate of drug-likeness (QED) is 0.548. The molecule has 5 heteroatoms. The van der Waals surface area contributed by atoms with Crippen LogP contribution in [-0.4, -0.2) is 12.0 Å². The highest BCUT2D eigenvalue weighted by Gasteiger charge is 2.34. The maximum absolute atomic E-state index is 11.7. The molecule has 0 aromatic heterocycles. The van der Waals surface area contributed by atoms with E-state index in [0.29, 0.717) is 0 Å². The second kappa shape index (κ2) is 2.19. The Morgan fingerprint density at radius 3 is 2.50 bits per heavy atom. The van der Waals surface area contributed by atoms with Crippen molar-refractivity contribution in [1.29, 1.82) is 0 Å². The average Bonchev–Trinajstić information content (AvgIpc) is 1.88. The minimum atomic E-state index is -4.38. The number of alkyl halides is 3. The Balaban J connectivity index is 2.86. The maximum atomic E-state index is 11.7. The van der Waals surface area contributed by atoms with Gasteiger partial charge in [-0.1, -0.05) is 0 Å². The number of rotatable bonds is 0. The summed E-state index contributed by atoms with van der Waals surface area (Å²) >= 11 is 0. The van der Waals surface area contributed by atoms with Crippen LogP contribution in [-0.2, 0) is 0 Å². The van der Waals surface area contributed by atoms with Gasteiger partial charge in [0.1, 0.15) is 0 Å². The largest absolute Gasteiger partial charge is 0.440 e. The molecule has 54 valence electrons. The van der Waals surface area contributed by atoms with Gasteiger partial charge in [0.15, 0.2) is 5.70 Å². The molecule has 0 saturated heterocycles. The van der Waals surface area contributed by atoms with Crippen molar-refractivity contribution in [2.24, 2.45) is 4.99 Å². The van der Waals surface area contributed by atoms with Crippen LogP contribution in [0.4, 0.5) is 13.2 Å². The van der Waals surface area contributed by atoms with Crippen LogP contribution in [0.2, 0.25) is 0 Å². The summed E-state index contributed by atoms with van der Waals surface area (Å²) in [5, 5.41) is 1.97. The summed E-state index contributed by atoms with van der Waals surface area (Å²) in [6, 6.07) is 0. The molecule has 0 amide bonds. The Kier molecular flexibility index (Phi) is 1.51. The minimum Gasteiger partial charge on any atom is -0.349 e. The Bertz CT molecular complexity index is 220. The van der Waals surface area contributed by atoms with Crippen LogP contribution in [0.3, 0.4) is 0 Å². The molecular weight excluding hydrogens is 145 g/mol. The van der Waals surface area contributed by atoms with Crippen LogP contribution in [0.1, 0.15) is 0 Å². The van der Waals surface area contributed by atoms with Gasteiger partial charge in [0.2, 0.25) is 0 Å². The number of nitrogens with zero attached hydrogens (tertiary/aromatic N) is 1. The lowest BCUT2D eigenvalue weighted by molar-refractivity contribution is -0.0938. The zero-order chi connectivity index (χ0) is 7.61. The van der Waals surface area contributed by atoms with Crippen molar-refractivity contribution in [3.8, 4) is 0 Å². The number of nitrogens with one attached hydrogen (secondary N) is 1. The highest BCUT2D eigenvalue weighted by molar-refractivity contribution is 5.61. The second-order valence-corrected chi connectivity index (χ2v) is 1.57. The van der Waals surface area contributed by atoms with Crippen molar-refractivity contribution in [2.75, 3.05) is 0 Å². The number of allylic oxidation sites excluding steroid dienone is 1. The Morgan fingerprint density at radius 1 is 1.50 bits per heavy atom. The van der Waals surface area contributed by atoms with E-state index >= 15 is 0 Å². The molecule has 1 N–H and O–H groups in total. The van der Waals surface area contributed by atoms with Gasteiger partial charge in [-0.2, -0.15) is 13.2 Å². The lowest BCUT2D eigenvalue weighted by atomic mass is 10.4. The molecule has 0 unspecified atom stereocenters. The van der Waals surface area contributed by atoms with Crippen molar-refractivity contribution >= 4 is 5.87 Å². The summed E-state index contributed by atoms with van der Waals surface area (Å²) in [5.74, 6) is 1.78. The molecule has 0 fully saturated rings. The summed E-state index contributed by atoms with van der Waals surface area (Å²) < 4.78 is 35.1. The molecule has 1 aliphatic rings. The van der Waals surface area contributed by atoms with Crippen molar-refractivity contribution < 1.29 is 13.2 Å². The van der Waals surface area contributed by atoms with E-state index in [9.17, 15) is 13.2 Å². The summed E-state index contributed by atoms with van der Waals surface area (Å²) in [6.45, 7) is 0. The predicted octanol–water partition coefficient (Wildman–Crippen LogP) is 1.18. The monoisotopic (exact) mass is 148 g/mol.